The summed E-state index contributed by atoms with van der Waals surface area (Å²) in [6.45, 7) is 5.85. The van der Waals surface area contributed by atoms with Crippen LogP contribution in [0.1, 0.15) is 27.2 Å². The van der Waals surface area contributed by atoms with Crippen LogP contribution in [0.2, 0.25) is 0 Å². The molecule has 1 N–H and O–H groups in total. The summed E-state index contributed by atoms with van der Waals surface area (Å²) in [6, 6.07) is 0. The molecule has 80 valence electrons. The van der Waals surface area contributed by atoms with E-state index < -0.39 is 11.8 Å². The molecule has 0 aromatic rings. The number of carboxylic acid groups (broad SMARTS) is 1. The smallest absolute Gasteiger partial charge is 0.331 e. The van der Waals surface area contributed by atoms with Gasteiger partial charge in [-0.05, 0) is 26.3 Å². The van der Waals surface area contributed by atoms with Gasteiger partial charge in [-0.2, -0.15) is 0 Å². The van der Waals surface area contributed by atoms with E-state index in [-0.39, 0.29) is 6.10 Å². The second-order valence-corrected chi connectivity index (χ2v) is 3.72. The minimum atomic E-state index is -0.888. The van der Waals surface area contributed by atoms with Crippen LogP contribution in [0.15, 0.2) is 11.6 Å². The topological polar surface area (TPSA) is 55.8 Å². The van der Waals surface area contributed by atoms with Crippen molar-refractivity contribution in [1.82, 2.24) is 0 Å². The molecule has 0 aromatic carbocycles. The summed E-state index contributed by atoms with van der Waals surface area (Å²) >= 11 is 0. The van der Waals surface area contributed by atoms with Crippen molar-refractivity contribution in [3.05, 3.63) is 11.6 Å². The minimum absolute atomic E-state index is 0.240. The first kappa shape index (κ1) is 11.2. The van der Waals surface area contributed by atoms with Crippen molar-refractivity contribution in [1.29, 1.82) is 0 Å². The average Bonchev–Trinajstić information content (AvgIpc) is 2.41. The fraction of sp³-hybridized carbons (Fsp3) is 0.700. The number of hydrogen-bond donors (Lipinski definition) is 1. The Kier molecular flexibility index (Phi) is 3.29. The summed E-state index contributed by atoms with van der Waals surface area (Å²) in [5.41, 5.74) is 0.372. The van der Waals surface area contributed by atoms with Gasteiger partial charge in [-0.3, -0.25) is 0 Å². The average molecular weight is 200 g/mol. The van der Waals surface area contributed by atoms with Crippen LogP contribution in [0.25, 0.3) is 0 Å². The van der Waals surface area contributed by atoms with Crippen molar-refractivity contribution in [2.24, 2.45) is 0 Å². The predicted octanol–water partition coefficient (Wildman–Crippen LogP) is 1.56. The lowest BCUT2D eigenvalue weighted by atomic mass is 10.1. The monoisotopic (exact) mass is 200 g/mol. The van der Waals surface area contributed by atoms with Crippen LogP contribution in [0.3, 0.4) is 0 Å². The van der Waals surface area contributed by atoms with E-state index in [4.69, 9.17) is 14.6 Å². The van der Waals surface area contributed by atoms with E-state index in [1.54, 1.807) is 13.0 Å². The maximum absolute atomic E-state index is 10.7. The Balaban J connectivity index is 2.64. The van der Waals surface area contributed by atoms with Crippen LogP contribution in [0.5, 0.6) is 0 Å². The van der Waals surface area contributed by atoms with Crippen LogP contribution < -0.4 is 0 Å². The summed E-state index contributed by atoms with van der Waals surface area (Å²) in [6.07, 6.45) is 1.88. The van der Waals surface area contributed by atoms with Gasteiger partial charge in [0.05, 0.1) is 6.61 Å². The zero-order valence-electron chi connectivity index (χ0n) is 8.74. The normalized spacial score (nSPS) is 26.5. The van der Waals surface area contributed by atoms with Gasteiger partial charge in [0.1, 0.15) is 6.10 Å². The van der Waals surface area contributed by atoms with Gasteiger partial charge in [0, 0.05) is 5.57 Å². The number of carbonyl (C=O) groups is 1. The van der Waals surface area contributed by atoms with Crippen LogP contribution >= 0.6 is 0 Å². The quantitative estimate of drug-likeness (QED) is 0.702. The van der Waals surface area contributed by atoms with Gasteiger partial charge in [-0.1, -0.05) is 6.92 Å². The summed E-state index contributed by atoms with van der Waals surface area (Å²) in [5.74, 6) is -1.49. The molecule has 14 heavy (non-hydrogen) atoms. The Labute approximate surface area is 83.5 Å². The molecule has 0 bridgehead atoms. The molecule has 0 aliphatic carbocycles. The van der Waals surface area contributed by atoms with Crippen molar-refractivity contribution < 1.29 is 19.4 Å². The summed E-state index contributed by atoms with van der Waals surface area (Å²) in [7, 11) is 0. The molecule has 0 aromatic heterocycles. The predicted molar refractivity (Wildman–Crippen MR) is 50.9 cm³/mol. The Bertz CT molecular complexity index is 255. The molecule has 4 heteroatoms. The van der Waals surface area contributed by atoms with Crippen molar-refractivity contribution in [2.45, 2.75) is 39.1 Å². The van der Waals surface area contributed by atoms with Crippen LogP contribution in [0, 0.1) is 0 Å². The van der Waals surface area contributed by atoms with Gasteiger partial charge < -0.3 is 14.6 Å². The van der Waals surface area contributed by atoms with E-state index in [1.807, 2.05) is 13.8 Å². The molecule has 0 radical (unpaired) electrons. The van der Waals surface area contributed by atoms with Gasteiger partial charge in [0.2, 0.25) is 0 Å². The molecule has 1 rings (SSSR count). The number of carboxylic acids is 1. The van der Waals surface area contributed by atoms with Gasteiger partial charge >= 0.3 is 5.97 Å². The molecule has 0 unspecified atom stereocenters. The summed E-state index contributed by atoms with van der Waals surface area (Å²) in [4.78, 5) is 10.7. The van der Waals surface area contributed by atoms with E-state index in [0.29, 0.717) is 18.6 Å². The first-order chi connectivity index (χ1) is 6.44. The molecule has 1 saturated heterocycles. The lowest BCUT2D eigenvalue weighted by Gasteiger charge is -2.15. The van der Waals surface area contributed by atoms with Crippen molar-refractivity contribution >= 4 is 5.97 Å². The highest BCUT2D eigenvalue weighted by Crippen LogP contribution is 2.23. The van der Waals surface area contributed by atoms with Crippen molar-refractivity contribution in [2.75, 3.05) is 6.61 Å². The molecule has 0 spiro atoms. The maximum Gasteiger partial charge on any atom is 0.331 e. The highest BCUT2D eigenvalue weighted by Gasteiger charge is 2.31. The van der Waals surface area contributed by atoms with Crippen molar-refractivity contribution in [3.8, 4) is 0 Å². The highest BCUT2D eigenvalue weighted by molar-refractivity contribution is 5.86. The molecule has 4 nitrogen and oxygen atoms in total. The number of hydrogen-bond acceptors (Lipinski definition) is 3. The SMILES string of the molecule is CCC(=C[C@@H]1COC(C)(C)O1)C(=O)O. The Morgan fingerprint density at radius 1 is 1.64 bits per heavy atom. The lowest BCUT2D eigenvalue weighted by Crippen LogP contribution is -2.21. The van der Waals surface area contributed by atoms with Crippen LogP contribution in [0.4, 0.5) is 0 Å². The molecular weight excluding hydrogens is 184 g/mol. The van der Waals surface area contributed by atoms with Gasteiger partial charge in [-0.15, -0.1) is 0 Å². The van der Waals surface area contributed by atoms with E-state index in [2.05, 4.69) is 0 Å². The van der Waals surface area contributed by atoms with E-state index in [1.165, 1.54) is 0 Å². The lowest BCUT2D eigenvalue weighted by molar-refractivity contribution is -0.135. The zero-order chi connectivity index (χ0) is 10.8. The van der Waals surface area contributed by atoms with Gasteiger partial charge in [0.15, 0.2) is 5.79 Å². The largest absolute Gasteiger partial charge is 0.478 e. The molecule has 0 saturated carbocycles. The molecule has 1 aliphatic rings. The summed E-state index contributed by atoms with van der Waals surface area (Å²) in [5, 5.41) is 8.80. The Hall–Kier alpha value is -0.870. The summed E-state index contributed by atoms with van der Waals surface area (Å²) < 4.78 is 10.8. The first-order valence-corrected chi connectivity index (χ1v) is 4.70. The molecule has 0 amide bonds. The molecule has 1 heterocycles. The van der Waals surface area contributed by atoms with Gasteiger partial charge in [-0.25, -0.2) is 4.79 Å². The zero-order valence-corrected chi connectivity index (χ0v) is 8.74. The minimum Gasteiger partial charge on any atom is -0.478 e. The second-order valence-electron chi connectivity index (χ2n) is 3.72. The van der Waals surface area contributed by atoms with E-state index >= 15 is 0 Å². The molecule has 1 aliphatic heterocycles. The van der Waals surface area contributed by atoms with Crippen LogP contribution in [-0.2, 0) is 14.3 Å². The third kappa shape index (κ3) is 2.82. The first-order valence-electron chi connectivity index (χ1n) is 4.70. The third-order valence-electron chi connectivity index (χ3n) is 2.07. The van der Waals surface area contributed by atoms with E-state index in [9.17, 15) is 4.79 Å². The van der Waals surface area contributed by atoms with E-state index in [0.717, 1.165) is 0 Å². The standard InChI is InChI=1S/C10H16O4/c1-4-7(9(11)12)5-8-6-13-10(2,3)14-8/h5,8H,4,6H2,1-3H3,(H,11,12)/t8-/m1/s1. The maximum atomic E-state index is 10.7. The Morgan fingerprint density at radius 2 is 2.29 bits per heavy atom. The highest BCUT2D eigenvalue weighted by atomic mass is 16.7. The van der Waals surface area contributed by atoms with Crippen molar-refractivity contribution in [3.63, 3.8) is 0 Å². The van der Waals surface area contributed by atoms with Gasteiger partial charge in [0.25, 0.3) is 0 Å². The number of aliphatic carboxylic acids is 1. The Morgan fingerprint density at radius 3 is 2.64 bits per heavy atom. The van der Waals surface area contributed by atoms with Crippen LogP contribution in [-0.4, -0.2) is 29.6 Å². The number of rotatable bonds is 3. The molecular formula is C10H16O4. The fourth-order valence-corrected chi connectivity index (χ4v) is 1.36. The molecule has 1 atom stereocenters. The second kappa shape index (κ2) is 4.11. The third-order valence-corrected chi connectivity index (χ3v) is 2.07. The number of ether oxygens (including phenoxy) is 2. The molecule has 1 fully saturated rings. The fourth-order valence-electron chi connectivity index (χ4n) is 1.36.